The highest BCUT2D eigenvalue weighted by molar-refractivity contribution is 7.20. The molecule has 0 saturated heterocycles. The summed E-state index contributed by atoms with van der Waals surface area (Å²) in [6.07, 6.45) is 0. The number of benzene rings is 12. The van der Waals surface area contributed by atoms with E-state index >= 15 is 0 Å². The molecule has 12 aromatic carbocycles. The lowest BCUT2D eigenvalue weighted by atomic mass is 10.1. The summed E-state index contributed by atoms with van der Waals surface area (Å²) in [5, 5.41) is 15.0. The molecule has 0 bridgehead atoms. The van der Waals surface area contributed by atoms with Crippen LogP contribution in [0.3, 0.4) is 0 Å². The van der Waals surface area contributed by atoms with E-state index in [-0.39, 0.29) is 0 Å². The largest absolute Gasteiger partial charge is 0.435 e. The summed E-state index contributed by atoms with van der Waals surface area (Å²) >= 11 is 0. The normalized spacial score (nSPS) is 11.9. The highest BCUT2D eigenvalue weighted by atomic mass is 28.4. The van der Waals surface area contributed by atoms with E-state index < -0.39 is 24.7 Å². The van der Waals surface area contributed by atoms with Gasteiger partial charge in [-0.2, -0.15) is 0 Å². The molecule has 0 fully saturated rings. The molecule has 1 aromatic heterocycles. The first-order valence-corrected chi connectivity index (χ1v) is 32.4. The molecule has 0 aliphatic rings. The van der Waals surface area contributed by atoms with Crippen LogP contribution in [0.4, 0.5) is 0 Å². The van der Waals surface area contributed by atoms with Crippen molar-refractivity contribution in [2.45, 2.75) is 0 Å². The van der Waals surface area contributed by atoms with E-state index in [4.69, 9.17) is 4.12 Å². The third kappa shape index (κ3) is 8.29. The molecule has 5 heteroatoms. The molecule has 0 aliphatic heterocycles. The van der Waals surface area contributed by atoms with Crippen LogP contribution in [0.25, 0.3) is 38.6 Å². The number of para-hydroxylation sites is 2. The van der Waals surface area contributed by atoms with Crippen LogP contribution in [-0.4, -0.2) is 29.3 Å². The van der Waals surface area contributed by atoms with Crippen LogP contribution < -0.4 is 51.9 Å². The maximum absolute atomic E-state index is 8.76. The fourth-order valence-electron chi connectivity index (χ4n) is 12.3. The Morgan fingerprint density at radius 1 is 0.221 bits per heavy atom. The lowest BCUT2D eigenvalue weighted by Crippen LogP contribution is -2.81. The minimum Gasteiger partial charge on any atom is -0.435 e. The van der Waals surface area contributed by atoms with Crippen molar-refractivity contribution in [1.29, 1.82) is 0 Å². The summed E-state index contributed by atoms with van der Waals surface area (Å²) < 4.78 is 11.2. The van der Waals surface area contributed by atoms with E-state index in [1.807, 2.05) is 0 Å². The van der Waals surface area contributed by atoms with E-state index in [0.29, 0.717) is 0 Å². The fourth-order valence-corrected chi connectivity index (χ4v) is 27.7. The van der Waals surface area contributed by atoms with Gasteiger partial charge in [-0.3, -0.25) is 0 Å². The quantitative estimate of drug-likeness (QED) is 0.0782. The van der Waals surface area contributed by atoms with Crippen molar-refractivity contribution in [2.75, 3.05) is 0 Å². The van der Waals surface area contributed by atoms with Crippen molar-refractivity contribution in [3.8, 4) is 16.8 Å². The van der Waals surface area contributed by atoms with Crippen molar-refractivity contribution >= 4 is 98.4 Å². The summed E-state index contributed by atoms with van der Waals surface area (Å²) in [5.41, 5.74) is 5.85. The second-order valence-corrected chi connectivity index (χ2v) is 30.7. The third-order valence-electron chi connectivity index (χ3n) is 15.6. The number of hydrogen-bond donors (Lipinski definition) is 0. The molecule has 2 nitrogen and oxygen atoms in total. The molecule has 0 saturated carbocycles. The van der Waals surface area contributed by atoms with Crippen LogP contribution >= 0.6 is 0 Å². The summed E-state index contributed by atoms with van der Waals surface area (Å²) in [6, 6.07) is 124. The molecular weight excluding hydrogens is 979 g/mol. The van der Waals surface area contributed by atoms with Crippen molar-refractivity contribution in [2.24, 2.45) is 0 Å². The molecule has 0 N–H and O–H groups in total. The van der Waals surface area contributed by atoms with Crippen LogP contribution in [0.2, 0.25) is 0 Å². The van der Waals surface area contributed by atoms with E-state index in [2.05, 4.69) is 338 Å². The predicted molar refractivity (Wildman–Crippen MR) is 332 cm³/mol. The first-order chi connectivity index (χ1) is 38.2. The Morgan fingerprint density at radius 3 is 0.909 bits per heavy atom. The van der Waals surface area contributed by atoms with Gasteiger partial charge in [0.25, 0.3) is 16.6 Å². The first kappa shape index (κ1) is 47.7. The zero-order chi connectivity index (χ0) is 51.5. The number of hydrogen-bond acceptors (Lipinski definition) is 1. The smallest absolute Gasteiger partial charge is 0.278 e. The van der Waals surface area contributed by atoms with Gasteiger partial charge in [0.15, 0.2) is 8.07 Å². The zero-order valence-corrected chi connectivity index (χ0v) is 45.6. The highest BCUT2D eigenvalue weighted by Gasteiger charge is 2.53. The Kier molecular flexibility index (Phi) is 12.8. The molecule has 0 atom stereocenters. The van der Waals surface area contributed by atoms with Gasteiger partial charge < -0.3 is 8.68 Å². The van der Waals surface area contributed by atoms with Gasteiger partial charge >= 0.3 is 0 Å². The Balaban J connectivity index is 1.05. The second-order valence-electron chi connectivity index (χ2n) is 19.9. The molecule has 366 valence electrons. The number of fused-ring (bicyclic) bond motifs is 3. The van der Waals surface area contributed by atoms with Crippen LogP contribution in [0.1, 0.15) is 0 Å². The maximum Gasteiger partial charge on any atom is 0.278 e. The number of rotatable bonds is 14. The van der Waals surface area contributed by atoms with Crippen molar-refractivity contribution in [3.63, 3.8) is 0 Å². The average molecular weight is 1030 g/mol. The monoisotopic (exact) mass is 1030 g/mol. The molecule has 0 amide bonds. The molecule has 0 radical (unpaired) electrons. The van der Waals surface area contributed by atoms with Gasteiger partial charge in [-0.25, -0.2) is 0 Å². The topological polar surface area (TPSA) is 14.2 Å². The van der Waals surface area contributed by atoms with Gasteiger partial charge in [0.05, 0.1) is 11.0 Å². The van der Waals surface area contributed by atoms with E-state index in [1.54, 1.807) is 0 Å². The van der Waals surface area contributed by atoms with Gasteiger partial charge in [0, 0.05) is 16.5 Å². The van der Waals surface area contributed by atoms with Gasteiger partial charge in [0.1, 0.15) is 0 Å². The molecule has 1 heterocycles. The van der Waals surface area contributed by atoms with Crippen molar-refractivity contribution < 1.29 is 4.12 Å². The highest BCUT2D eigenvalue weighted by Crippen LogP contribution is 2.32. The zero-order valence-electron chi connectivity index (χ0n) is 42.6. The Labute approximate surface area is 454 Å². The minimum atomic E-state index is -3.48. The SMILES string of the molecule is c1ccc([Si](O[Si](c2ccccc2)(c2ccccc2)c2cccc(-c3cccc([Si](c4ccccc4)(c4ccccc4)c4cccc(-n5c6ccccc6c6ccccc65)c4)c3)c2)(c2ccccc2)c2ccccc2)cc1. The van der Waals surface area contributed by atoms with E-state index in [1.165, 1.54) is 73.7 Å². The van der Waals surface area contributed by atoms with Gasteiger partial charge in [-0.15, -0.1) is 0 Å². The van der Waals surface area contributed by atoms with Gasteiger partial charge in [0.2, 0.25) is 0 Å². The maximum atomic E-state index is 8.76. The summed E-state index contributed by atoms with van der Waals surface area (Å²) in [7, 11) is -9.89. The Morgan fingerprint density at radius 2 is 0.506 bits per heavy atom. The van der Waals surface area contributed by atoms with Crippen LogP contribution in [0.5, 0.6) is 0 Å². The van der Waals surface area contributed by atoms with Crippen LogP contribution in [0, 0.1) is 0 Å². The average Bonchev–Trinajstić information content (AvgIpc) is 3.96. The van der Waals surface area contributed by atoms with Crippen molar-refractivity contribution in [1.82, 2.24) is 4.57 Å². The molecular formula is C72H55NOSi3. The summed E-state index contributed by atoms with van der Waals surface area (Å²) in [4.78, 5) is 0. The predicted octanol–water partition coefficient (Wildman–Crippen LogP) is 10.5. The van der Waals surface area contributed by atoms with Gasteiger partial charge in [-0.05, 0) is 87.3 Å². The van der Waals surface area contributed by atoms with Crippen molar-refractivity contribution in [3.05, 3.63) is 334 Å². The van der Waals surface area contributed by atoms with E-state index in [9.17, 15) is 0 Å². The minimum absolute atomic E-state index is 1.14. The summed E-state index contributed by atoms with van der Waals surface area (Å²) in [5.74, 6) is 0. The Bertz CT molecular complexity index is 3890. The molecule has 0 spiro atoms. The molecule has 13 rings (SSSR count). The van der Waals surface area contributed by atoms with E-state index in [0.717, 1.165) is 16.8 Å². The molecule has 0 aliphatic carbocycles. The summed E-state index contributed by atoms with van der Waals surface area (Å²) in [6.45, 7) is 0. The van der Waals surface area contributed by atoms with Crippen LogP contribution in [0.15, 0.2) is 334 Å². The lowest BCUT2D eigenvalue weighted by molar-refractivity contribution is 0.600. The van der Waals surface area contributed by atoms with Gasteiger partial charge in [-0.1, -0.05) is 309 Å². The molecule has 77 heavy (non-hydrogen) atoms. The molecule has 0 unspecified atom stereocenters. The third-order valence-corrected chi connectivity index (χ3v) is 29.7. The Hall–Kier alpha value is -8.95. The van der Waals surface area contributed by atoms with Crippen LogP contribution in [-0.2, 0) is 4.12 Å². The lowest BCUT2D eigenvalue weighted by Gasteiger charge is -2.44. The fraction of sp³-hybridized carbons (Fsp3) is 0. The number of aromatic nitrogens is 1. The first-order valence-electron chi connectivity index (χ1n) is 26.6. The standard InChI is InChI=1S/C72H55NOSi3/c1-8-32-59(33-9-1)75(60-34-10-2-11-35-60,67-47-28-31-58(55-67)73-71-51-24-22-49-69(71)70-50-23-25-52-72(70)73)66-46-26-29-56(53-66)57-30-27-48-68(54-57)77(64-42-18-6-19-43-64,65-44-20-7-21-45-65)74-76(61-36-12-3-13-37-61,62-38-14-4-15-39-62)63-40-16-5-17-41-63/h1-55H. The molecule has 13 aromatic rings. The second kappa shape index (κ2) is 20.6. The number of nitrogens with zero attached hydrogens (tertiary/aromatic N) is 1.